The number of carbonyl (C=O) groups is 3. The van der Waals surface area contributed by atoms with Crippen molar-refractivity contribution in [3.05, 3.63) is 37.4 Å². The van der Waals surface area contributed by atoms with E-state index in [0.29, 0.717) is 0 Å². The van der Waals surface area contributed by atoms with E-state index >= 15 is 0 Å². The molecule has 0 amide bonds. The quantitative estimate of drug-likeness (QED) is 0.579. The van der Waals surface area contributed by atoms with Crippen molar-refractivity contribution in [3.8, 4) is 0 Å². The number of nitrogens with zero attached hydrogens (tertiary/aromatic N) is 4. The third-order valence-corrected chi connectivity index (χ3v) is 2.05. The van der Waals surface area contributed by atoms with Gasteiger partial charge in [-0.15, -0.1) is 0 Å². The average molecular weight is 289 g/mol. The van der Waals surface area contributed by atoms with E-state index in [1.54, 1.807) is 24.8 Å². The maximum Gasteiger partial charge on any atom is 0.338 e. The molecule has 0 bridgehead atoms. The van der Waals surface area contributed by atoms with E-state index in [0.717, 1.165) is 0 Å². The van der Waals surface area contributed by atoms with E-state index in [2.05, 4.69) is 33.2 Å². The van der Waals surface area contributed by atoms with Crippen molar-refractivity contribution in [2.75, 3.05) is 0 Å². The van der Waals surface area contributed by atoms with Crippen molar-refractivity contribution in [2.24, 2.45) is 0 Å². The molecule has 0 spiro atoms. The normalized spacial score (nSPS) is 9.22. The van der Waals surface area contributed by atoms with Gasteiger partial charge in [0.05, 0.1) is 0 Å². The zero-order chi connectivity index (χ0) is 13.5. The second-order valence-electron chi connectivity index (χ2n) is 2.77. The molecule has 0 saturated heterocycles. The van der Waals surface area contributed by atoms with Gasteiger partial charge in [0.2, 0.25) is 0 Å². The van der Waals surface area contributed by atoms with Crippen LogP contribution in [0.2, 0.25) is 0 Å². The molecular formula is C9H6Cl2N4O3. The van der Waals surface area contributed by atoms with Crippen LogP contribution in [0.5, 0.6) is 0 Å². The summed E-state index contributed by atoms with van der Waals surface area (Å²) in [5.41, 5.74) is 0. The lowest BCUT2D eigenvalue weighted by Crippen LogP contribution is -2.15. The van der Waals surface area contributed by atoms with Gasteiger partial charge in [-0.2, -0.15) is 0 Å². The Bertz CT molecular complexity index is 488. The predicted octanol–water partition coefficient (Wildman–Crippen LogP) is 1.11. The lowest BCUT2D eigenvalue weighted by molar-refractivity contribution is -0.127. The fourth-order valence-corrected chi connectivity index (χ4v) is 0.878. The first kappa shape index (κ1) is 14.1. The van der Waals surface area contributed by atoms with Crippen molar-refractivity contribution in [1.29, 1.82) is 0 Å². The van der Waals surface area contributed by atoms with Crippen molar-refractivity contribution in [3.63, 3.8) is 0 Å². The first-order valence-electron chi connectivity index (χ1n) is 4.42. The molecule has 2 aromatic heterocycles. The highest BCUT2D eigenvalue weighted by molar-refractivity contribution is 6.97. The maximum absolute atomic E-state index is 11.4. The van der Waals surface area contributed by atoms with Gasteiger partial charge in [0.1, 0.15) is 12.7 Å². The Morgan fingerprint density at radius 2 is 1.22 bits per heavy atom. The van der Waals surface area contributed by atoms with Gasteiger partial charge in [0, 0.05) is 24.8 Å². The third-order valence-electron chi connectivity index (χ3n) is 1.61. The summed E-state index contributed by atoms with van der Waals surface area (Å²) in [6.45, 7) is 0. The zero-order valence-electron chi connectivity index (χ0n) is 8.73. The Balaban J connectivity index is 0.000000232. The topological polar surface area (TPSA) is 86.9 Å². The molecule has 0 fully saturated rings. The minimum absolute atomic E-state index is 0.190. The number of halogens is 2. The summed E-state index contributed by atoms with van der Waals surface area (Å²) in [5, 5.41) is -2.28. The highest BCUT2D eigenvalue weighted by atomic mass is 35.5. The van der Waals surface area contributed by atoms with Crippen LogP contribution < -0.4 is 0 Å². The maximum atomic E-state index is 11.4. The molecule has 0 aliphatic rings. The Hall–Kier alpha value is -1.99. The van der Waals surface area contributed by atoms with Crippen LogP contribution in [-0.2, 0) is 9.59 Å². The van der Waals surface area contributed by atoms with E-state index < -0.39 is 10.5 Å². The fourth-order valence-electron chi connectivity index (χ4n) is 0.878. The van der Waals surface area contributed by atoms with Gasteiger partial charge in [-0.25, -0.2) is 14.8 Å². The van der Waals surface area contributed by atoms with Crippen LogP contribution in [0, 0.1) is 0 Å². The summed E-state index contributed by atoms with van der Waals surface area (Å²) in [7, 11) is 0. The fraction of sp³-hybridized carbons (Fsp3) is 0. The first-order valence-corrected chi connectivity index (χ1v) is 5.18. The molecule has 0 N–H and O–H groups in total. The molecule has 9 heteroatoms. The highest BCUT2D eigenvalue weighted by Crippen LogP contribution is 1.92. The monoisotopic (exact) mass is 288 g/mol. The number of imidazole rings is 2. The highest BCUT2D eigenvalue weighted by Gasteiger charge is 2.04. The van der Waals surface area contributed by atoms with E-state index in [9.17, 15) is 14.4 Å². The summed E-state index contributed by atoms with van der Waals surface area (Å²) in [5.74, 6) is 0. The summed E-state index contributed by atoms with van der Waals surface area (Å²) in [6, 6.07) is -0.190. The Kier molecular flexibility index (Phi) is 5.22. The largest absolute Gasteiger partial charge is 0.338 e. The number of carbonyl (C=O) groups excluding carboxylic acids is 3. The predicted molar refractivity (Wildman–Crippen MR) is 62.4 cm³/mol. The first-order chi connectivity index (χ1) is 8.52. The number of rotatable bonds is 1. The molecule has 0 radical (unpaired) electrons. The lowest BCUT2D eigenvalue weighted by Gasteiger charge is -1.98. The summed E-state index contributed by atoms with van der Waals surface area (Å²) in [6.07, 6.45) is 9.17. The molecule has 0 saturated carbocycles. The second kappa shape index (κ2) is 6.67. The molecular weight excluding hydrogens is 283 g/mol. The molecule has 0 aliphatic carbocycles. The molecule has 18 heavy (non-hydrogen) atoms. The molecule has 0 atom stereocenters. The van der Waals surface area contributed by atoms with E-state index in [4.69, 9.17) is 0 Å². The second-order valence-corrected chi connectivity index (χ2v) is 3.46. The van der Waals surface area contributed by atoms with Gasteiger partial charge >= 0.3 is 16.5 Å². The Morgan fingerprint density at radius 1 is 0.833 bits per heavy atom. The third kappa shape index (κ3) is 4.11. The molecule has 2 heterocycles. The summed E-state index contributed by atoms with van der Waals surface area (Å²) < 4.78 is 2.75. The number of hydrogen-bond acceptors (Lipinski definition) is 5. The van der Waals surface area contributed by atoms with Crippen molar-refractivity contribution >= 4 is 39.7 Å². The summed E-state index contributed by atoms with van der Waals surface area (Å²) in [4.78, 5) is 37.8. The van der Waals surface area contributed by atoms with E-state index in [-0.39, 0.29) is 6.03 Å². The van der Waals surface area contributed by atoms with E-state index in [1.807, 2.05) is 0 Å². The molecule has 2 rings (SSSR count). The van der Waals surface area contributed by atoms with Crippen LogP contribution in [0.4, 0.5) is 4.79 Å². The minimum Gasteiger partial charge on any atom is -0.271 e. The van der Waals surface area contributed by atoms with Crippen LogP contribution in [0.3, 0.4) is 0 Å². The van der Waals surface area contributed by atoms with Crippen LogP contribution in [0.25, 0.3) is 0 Å². The van der Waals surface area contributed by atoms with Gasteiger partial charge in [-0.3, -0.25) is 18.7 Å². The van der Waals surface area contributed by atoms with Gasteiger partial charge in [-0.05, 0) is 23.2 Å². The molecule has 94 valence electrons. The van der Waals surface area contributed by atoms with Gasteiger partial charge in [0.15, 0.2) is 0 Å². The van der Waals surface area contributed by atoms with Crippen molar-refractivity contribution in [1.82, 2.24) is 19.1 Å². The van der Waals surface area contributed by atoms with Crippen molar-refractivity contribution in [2.45, 2.75) is 0 Å². The van der Waals surface area contributed by atoms with E-state index in [1.165, 1.54) is 21.8 Å². The average Bonchev–Trinajstić information content (AvgIpc) is 3.02. The van der Waals surface area contributed by atoms with Gasteiger partial charge in [-0.1, -0.05) is 0 Å². The summed E-state index contributed by atoms with van der Waals surface area (Å²) >= 11 is 8.98. The SMILES string of the molecule is O=C(Cl)C(=O)Cl.O=C(n1ccnc1)n1ccnc1. The minimum atomic E-state index is -1.14. The number of hydrogen-bond donors (Lipinski definition) is 0. The van der Waals surface area contributed by atoms with Crippen LogP contribution in [0.15, 0.2) is 37.4 Å². The standard InChI is InChI=1S/C7H6N4O.C2Cl2O2/c12-7(10-3-1-8-5-10)11-4-2-9-6-11;3-1(5)2(4)6/h1-6H;. The number of aromatic nitrogens is 4. The van der Waals surface area contributed by atoms with Gasteiger partial charge in [0.25, 0.3) is 0 Å². The Morgan fingerprint density at radius 3 is 1.44 bits per heavy atom. The van der Waals surface area contributed by atoms with Crippen LogP contribution in [-0.4, -0.2) is 35.6 Å². The molecule has 7 nitrogen and oxygen atoms in total. The molecule has 2 aromatic rings. The Labute approximate surface area is 111 Å². The smallest absolute Gasteiger partial charge is 0.271 e. The zero-order valence-corrected chi connectivity index (χ0v) is 10.2. The molecule has 0 aromatic carbocycles. The lowest BCUT2D eigenvalue weighted by atomic mass is 10.8. The van der Waals surface area contributed by atoms with Crippen molar-refractivity contribution < 1.29 is 14.4 Å². The van der Waals surface area contributed by atoms with Gasteiger partial charge < -0.3 is 0 Å². The van der Waals surface area contributed by atoms with Crippen LogP contribution >= 0.6 is 23.2 Å². The molecule has 0 aliphatic heterocycles. The van der Waals surface area contributed by atoms with Crippen LogP contribution in [0.1, 0.15) is 0 Å². The molecule has 0 unspecified atom stereocenters.